The van der Waals surface area contributed by atoms with Crippen molar-refractivity contribution in [3.63, 3.8) is 0 Å². The highest BCUT2D eigenvalue weighted by molar-refractivity contribution is 7.09. The molecule has 0 saturated carbocycles. The Kier molecular flexibility index (Phi) is 35.1. The summed E-state index contributed by atoms with van der Waals surface area (Å²) >= 11 is 1.46. The van der Waals surface area contributed by atoms with E-state index in [4.69, 9.17) is 29.4 Å². The highest BCUT2D eigenvalue weighted by Crippen LogP contribution is 2.32. The van der Waals surface area contributed by atoms with Crippen LogP contribution < -0.4 is 42.4 Å². The van der Waals surface area contributed by atoms with Crippen LogP contribution in [0.15, 0.2) is 66.2 Å². The normalized spacial score (nSPS) is 15.4. The summed E-state index contributed by atoms with van der Waals surface area (Å²) in [7, 11) is 3.06. The Morgan fingerprint density at radius 1 is 0.775 bits per heavy atom. The van der Waals surface area contributed by atoms with Crippen LogP contribution in [0, 0.1) is 46.8 Å². The third-order valence-electron chi connectivity index (χ3n) is 17.5. The second-order valence-corrected chi connectivity index (χ2v) is 26.7. The molecule has 1 saturated heterocycles. The van der Waals surface area contributed by atoms with Crippen molar-refractivity contribution in [2.24, 2.45) is 23.5 Å². The van der Waals surface area contributed by atoms with Crippen molar-refractivity contribution in [3.8, 4) is 5.75 Å². The lowest BCUT2D eigenvalue weighted by molar-refractivity contribution is -0.147. The standard InChI is InChI=1S/C71H99F5N10O15S/c1-11-13-31-86(62(43(5)12-2)51(96-9)39-53(88)85-32-18-22-50(85)63(97-10)44(6)65(91)82-49(68-78-30-37-102-68)38-45-19-15-14-16-20-45)54(89)40-79-69(94)71(7,8)84-70(95)100-41-46-23-25-47(26-24-46)80-66(92)48(21-17-29-77)81-67(93)61(42(3)4)83-52(87)27-33-98-35-36-99-34-28-55(90)101-64-59(75)57(73)56(72)58(74)60(64)76/h14-16,19-20,23-26,30,37,42-44,48-51,61-63H,11-13,17-18,21-22,27-29,31-36,38-41,77H2,1-10H3,(H,79,94)(H,80,92)(H,81,93)(H,82,91)(H,83,87)(H,84,95). The number of likely N-dealkylation sites (tertiary alicyclic amines) is 1. The first-order chi connectivity index (χ1) is 48.6. The summed E-state index contributed by atoms with van der Waals surface area (Å²) in [5.74, 6) is -19.2. The summed E-state index contributed by atoms with van der Waals surface area (Å²) in [4.78, 5) is 130. The van der Waals surface area contributed by atoms with Crippen molar-refractivity contribution in [1.82, 2.24) is 41.4 Å². The Hall–Kier alpha value is -8.23. The predicted molar refractivity (Wildman–Crippen MR) is 368 cm³/mol. The van der Waals surface area contributed by atoms with E-state index in [9.17, 15) is 65.1 Å². The van der Waals surface area contributed by atoms with Gasteiger partial charge in [-0.05, 0) is 94.0 Å². The number of alkyl carbamates (subject to hydrolysis) is 1. The van der Waals surface area contributed by atoms with Gasteiger partial charge in [0.15, 0.2) is 0 Å². The quantitative estimate of drug-likeness (QED) is 0.00553. The molecule has 1 fully saturated rings. The van der Waals surface area contributed by atoms with Crippen LogP contribution >= 0.6 is 11.3 Å². The number of methoxy groups -OCH3 is 2. The van der Waals surface area contributed by atoms with Crippen molar-refractivity contribution in [2.45, 2.75) is 181 Å². The number of hydrogen-bond donors (Lipinski definition) is 7. The molecule has 25 nitrogen and oxygen atoms in total. The lowest BCUT2D eigenvalue weighted by Gasteiger charge is -2.41. The molecule has 0 bridgehead atoms. The summed E-state index contributed by atoms with van der Waals surface area (Å²) in [5, 5.41) is 19.2. The number of thiazole rings is 1. The van der Waals surface area contributed by atoms with E-state index < -0.39 is 143 Å². The van der Waals surface area contributed by atoms with Gasteiger partial charge in [0, 0.05) is 51.0 Å². The fraction of sp³-hybridized carbons (Fsp3) is 0.577. The SMILES string of the molecule is CCCCN(C(=O)CNC(=O)C(C)(C)NC(=O)OCc1ccc(NC(=O)C(CCCN)NC(=O)C(NC(=O)CCOCCOCCC(=O)Oc2c(F)c(F)c(F)c(F)c2F)C(C)C)cc1)C(C(C)CC)C(CC(=O)N1CCCC1C(OC)C(C)C(=O)NC(Cc1ccccc1)c1nccs1)OC. The maximum atomic E-state index is 14.6. The Labute approximate surface area is 596 Å². The van der Waals surface area contributed by atoms with Crippen LogP contribution in [-0.4, -0.2) is 177 Å². The van der Waals surface area contributed by atoms with Gasteiger partial charge in [0.25, 0.3) is 0 Å². The number of ether oxygens (including phenoxy) is 6. The Balaban J connectivity index is 1.08. The number of halogens is 5. The average molecular weight is 1460 g/mol. The van der Waals surface area contributed by atoms with Gasteiger partial charge in [-0.25, -0.2) is 22.9 Å². The summed E-state index contributed by atoms with van der Waals surface area (Å²) in [6, 6.07) is 12.6. The third-order valence-corrected chi connectivity index (χ3v) is 18.4. The number of aromatic nitrogens is 1. The fourth-order valence-electron chi connectivity index (χ4n) is 11.6. The van der Waals surface area contributed by atoms with Crippen molar-refractivity contribution < 1.29 is 93.5 Å². The molecule has 31 heteroatoms. The smallest absolute Gasteiger partial charge is 0.408 e. The number of carbonyl (C=O) groups excluding carboxylic acids is 9. The molecule has 9 unspecified atom stereocenters. The topological polar surface area (TPSA) is 327 Å². The van der Waals surface area contributed by atoms with E-state index >= 15 is 0 Å². The molecule has 2 heterocycles. The number of nitrogens with two attached hydrogens (primary N) is 1. The summed E-state index contributed by atoms with van der Waals surface area (Å²) < 4.78 is 100. The van der Waals surface area contributed by atoms with Gasteiger partial charge in [-0.1, -0.05) is 96.8 Å². The van der Waals surface area contributed by atoms with Crippen molar-refractivity contribution in [2.75, 3.05) is 72.1 Å². The summed E-state index contributed by atoms with van der Waals surface area (Å²) in [5.41, 5.74) is 6.06. The molecule has 3 aromatic carbocycles. The number of benzene rings is 3. The van der Waals surface area contributed by atoms with Gasteiger partial charge in [0.05, 0.1) is 82.1 Å². The number of esters is 1. The van der Waals surface area contributed by atoms with E-state index in [1.54, 1.807) is 61.2 Å². The Morgan fingerprint density at radius 3 is 2.03 bits per heavy atom. The number of amides is 8. The largest absolute Gasteiger partial charge is 0.445 e. The minimum Gasteiger partial charge on any atom is -0.445 e. The number of unbranched alkanes of at least 4 members (excludes halogenated alkanes) is 1. The molecule has 102 heavy (non-hydrogen) atoms. The van der Waals surface area contributed by atoms with Gasteiger partial charge in [-0.3, -0.25) is 38.4 Å². The zero-order chi connectivity index (χ0) is 75.2. The molecule has 4 aromatic rings. The van der Waals surface area contributed by atoms with E-state index in [2.05, 4.69) is 41.6 Å². The predicted octanol–water partition coefficient (Wildman–Crippen LogP) is 7.87. The van der Waals surface area contributed by atoms with Crippen LogP contribution in [0.25, 0.3) is 0 Å². The zero-order valence-corrected chi connectivity index (χ0v) is 60.4. The molecule has 1 aliphatic rings. The minimum absolute atomic E-state index is 0.0710. The van der Waals surface area contributed by atoms with Crippen molar-refractivity contribution >= 4 is 70.4 Å². The Morgan fingerprint density at radius 2 is 1.43 bits per heavy atom. The number of carbonyl (C=O) groups is 9. The van der Waals surface area contributed by atoms with Crippen LogP contribution in [0.2, 0.25) is 0 Å². The van der Waals surface area contributed by atoms with Gasteiger partial charge < -0.3 is 75.9 Å². The van der Waals surface area contributed by atoms with Crippen molar-refractivity contribution in [3.05, 3.63) is 111 Å². The van der Waals surface area contributed by atoms with Crippen molar-refractivity contribution in [1.29, 1.82) is 0 Å². The first kappa shape index (κ1) is 84.4. The maximum absolute atomic E-state index is 14.6. The fourth-order valence-corrected chi connectivity index (χ4v) is 12.3. The molecule has 9 atom stereocenters. The zero-order valence-electron chi connectivity index (χ0n) is 59.6. The molecule has 0 radical (unpaired) electrons. The molecule has 1 aromatic heterocycles. The monoisotopic (exact) mass is 1460 g/mol. The van der Waals surface area contributed by atoms with E-state index in [1.807, 2.05) is 63.4 Å². The van der Waals surface area contributed by atoms with Gasteiger partial charge in [0.1, 0.15) is 29.2 Å². The lowest BCUT2D eigenvalue weighted by atomic mass is 9.89. The Bertz CT molecular complexity index is 3350. The molecular formula is C71H99F5N10O15S. The summed E-state index contributed by atoms with van der Waals surface area (Å²) in [6.45, 7) is 13.6. The van der Waals surface area contributed by atoms with Crippen LogP contribution in [0.4, 0.5) is 32.4 Å². The van der Waals surface area contributed by atoms with Gasteiger partial charge >= 0.3 is 12.1 Å². The number of hydrogen-bond acceptors (Lipinski definition) is 18. The maximum Gasteiger partial charge on any atom is 0.408 e. The number of nitrogens with one attached hydrogen (secondary N) is 6. The van der Waals surface area contributed by atoms with Crippen LogP contribution in [0.5, 0.6) is 5.75 Å². The average Bonchev–Trinajstić information content (AvgIpc) is 1.13. The first-order valence-corrected chi connectivity index (χ1v) is 35.2. The third kappa shape index (κ3) is 25.3. The molecule has 1 aliphatic heterocycles. The highest BCUT2D eigenvalue weighted by Gasteiger charge is 2.43. The second-order valence-electron chi connectivity index (χ2n) is 25.8. The van der Waals surface area contributed by atoms with Gasteiger partial charge in [-0.15, -0.1) is 11.3 Å². The highest BCUT2D eigenvalue weighted by atomic mass is 32.1. The van der Waals surface area contributed by atoms with Gasteiger partial charge in [-0.2, -0.15) is 8.78 Å². The van der Waals surface area contributed by atoms with E-state index in [-0.39, 0.29) is 82.6 Å². The molecular weight excluding hydrogens is 1360 g/mol. The lowest BCUT2D eigenvalue weighted by Crippen LogP contribution is -2.58. The van der Waals surface area contributed by atoms with E-state index in [1.165, 1.54) is 32.3 Å². The van der Waals surface area contributed by atoms with E-state index in [0.717, 1.165) is 17.0 Å². The van der Waals surface area contributed by atoms with Crippen LogP contribution in [-0.2, 0) is 75.1 Å². The minimum atomic E-state index is -2.41. The van der Waals surface area contributed by atoms with Gasteiger partial charge in [0.2, 0.25) is 76.2 Å². The van der Waals surface area contributed by atoms with Crippen LogP contribution in [0.3, 0.4) is 0 Å². The summed E-state index contributed by atoms with van der Waals surface area (Å²) in [6.07, 6.45) is 2.81. The number of rotatable bonds is 43. The molecule has 5 rings (SSSR count). The molecule has 8 N–H and O–H groups in total. The van der Waals surface area contributed by atoms with Crippen LogP contribution in [0.1, 0.15) is 142 Å². The number of nitrogens with zero attached hydrogens (tertiary/aromatic N) is 3. The molecule has 0 aliphatic carbocycles. The molecule has 8 amide bonds. The first-order valence-electron chi connectivity index (χ1n) is 34.3. The van der Waals surface area contributed by atoms with E-state index in [0.29, 0.717) is 62.9 Å². The number of anilines is 1. The molecule has 0 spiro atoms. The molecule has 564 valence electrons. The second kappa shape index (κ2) is 42.4.